The van der Waals surface area contributed by atoms with Gasteiger partial charge < -0.3 is 10.1 Å². The van der Waals surface area contributed by atoms with Crippen LogP contribution >= 0.6 is 11.3 Å². The zero-order chi connectivity index (χ0) is 25.5. The summed E-state index contributed by atoms with van der Waals surface area (Å²) in [7, 11) is -3.67. The molecule has 0 bridgehead atoms. The van der Waals surface area contributed by atoms with Crippen molar-refractivity contribution in [3.63, 3.8) is 0 Å². The molecule has 1 aliphatic heterocycles. The Bertz CT molecular complexity index is 1350. The molecule has 9 nitrogen and oxygen atoms in total. The van der Waals surface area contributed by atoms with E-state index >= 15 is 4.39 Å². The third kappa shape index (κ3) is 6.16. The number of hydrogen-bond donors (Lipinski definition) is 2. The van der Waals surface area contributed by atoms with Crippen molar-refractivity contribution in [1.82, 2.24) is 15.0 Å². The Kier molecular flexibility index (Phi) is 8.45. The quantitative estimate of drug-likeness (QED) is 0.358. The maximum Gasteiger partial charge on any atom is 0.232 e. The number of nitrogens with zero attached hydrogens (tertiary/aromatic N) is 4. The van der Waals surface area contributed by atoms with Crippen molar-refractivity contribution in [1.29, 1.82) is 5.26 Å². The molecule has 1 fully saturated rings. The van der Waals surface area contributed by atoms with Gasteiger partial charge in [0.2, 0.25) is 16.0 Å². The zero-order valence-corrected chi connectivity index (χ0v) is 21.5. The van der Waals surface area contributed by atoms with Gasteiger partial charge >= 0.3 is 0 Å². The van der Waals surface area contributed by atoms with Crippen molar-refractivity contribution in [2.45, 2.75) is 38.5 Å². The van der Waals surface area contributed by atoms with Crippen LogP contribution in [0.5, 0.6) is 0 Å². The maximum atomic E-state index is 15.7. The van der Waals surface area contributed by atoms with Crippen LogP contribution in [0.3, 0.4) is 0 Å². The second-order valence-electron chi connectivity index (χ2n) is 8.30. The summed E-state index contributed by atoms with van der Waals surface area (Å²) in [6.07, 6.45) is 3.95. The second-order valence-corrected chi connectivity index (χ2v) is 11.2. The van der Waals surface area contributed by atoms with Crippen molar-refractivity contribution in [3.8, 4) is 27.9 Å². The zero-order valence-electron chi connectivity index (χ0n) is 19.8. The molecule has 0 radical (unpaired) electrons. The topological polar surface area (TPSA) is 130 Å². The van der Waals surface area contributed by atoms with E-state index in [2.05, 4.69) is 26.1 Å². The molecule has 36 heavy (non-hydrogen) atoms. The van der Waals surface area contributed by atoms with Gasteiger partial charge in [0, 0.05) is 37.4 Å². The van der Waals surface area contributed by atoms with Gasteiger partial charge in [-0.05, 0) is 37.5 Å². The summed E-state index contributed by atoms with van der Waals surface area (Å²) in [5.41, 5.74) is 1.03. The van der Waals surface area contributed by atoms with E-state index in [0.717, 1.165) is 17.8 Å². The normalized spacial score (nSPS) is 14.4. The first-order chi connectivity index (χ1) is 17.4. The number of thiazole rings is 1. The molecule has 4 rings (SSSR count). The van der Waals surface area contributed by atoms with Crippen molar-refractivity contribution < 1.29 is 17.5 Å². The third-order valence-electron chi connectivity index (χ3n) is 5.61. The minimum absolute atomic E-state index is 0.102. The van der Waals surface area contributed by atoms with E-state index in [-0.39, 0.29) is 22.9 Å². The molecule has 2 N–H and O–H groups in total. The summed E-state index contributed by atoms with van der Waals surface area (Å²) in [5.74, 6) is -0.254. The molecule has 0 aliphatic carbocycles. The molecule has 0 atom stereocenters. The molecule has 3 heterocycles. The van der Waals surface area contributed by atoms with E-state index in [1.807, 2.05) is 0 Å². The van der Waals surface area contributed by atoms with Crippen LogP contribution in [-0.2, 0) is 14.8 Å². The Hall–Kier alpha value is -3.14. The first kappa shape index (κ1) is 25.9. The van der Waals surface area contributed by atoms with E-state index in [0.29, 0.717) is 54.8 Å². The lowest BCUT2D eigenvalue weighted by molar-refractivity contribution is 0.0853. The molecule has 12 heteroatoms. The van der Waals surface area contributed by atoms with E-state index in [9.17, 15) is 8.42 Å². The largest absolute Gasteiger partial charge is 0.381 e. The molecule has 2 aromatic heterocycles. The Morgan fingerprint density at radius 2 is 2.06 bits per heavy atom. The summed E-state index contributed by atoms with van der Waals surface area (Å²) in [6, 6.07) is 8.39. The Labute approximate surface area is 213 Å². The molecule has 3 aromatic rings. The number of halogens is 1. The lowest BCUT2D eigenvalue weighted by Gasteiger charge is -2.19. The van der Waals surface area contributed by atoms with Crippen LogP contribution in [-0.4, -0.2) is 48.9 Å². The predicted molar refractivity (Wildman–Crippen MR) is 138 cm³/mol. The SMILES string of the molecule is CCCS(=O)(=O)Nc1cccc(-c2nc(C3CCOCC3)sc2-c2ccnc(NCCC#N)n2)c1F. The summed E-state index contributed by atoms with van der Waals surface area (Å²) >= 11 is 1.44. The number of benzene rings is 1. The Morgan fingerprint density at radius 3 is 2.81 bits per heavy atom. The minimum Gasteiger partial charge on any atom is -0.381 e. The summed E-state index contributed by atoms with van der Waals surface area (Å²) in [6.45, 7) is 3.42. The molecule has 0 amide bonds. The van der Waals surface area contributed by atoms with E-state index in [1.165, 1.54) is 17.4 Å². The van der Waals surface area contributed by atoms with Crippen LogP contribution in [0, 0.1) is 17.1 Å². The van der Waals surface area contributed by atoms with Crippen molar-refractivity contribution in [3.05, 3.63) is 41.3 Å². The lowest BCUT2D eigenvalue weighted by Crippen LogP contribution is -2.17. The third-order valence-corrected chi connectivity index (χ3v) is 8.33. The average molecular weight is 531 g/mol. The van der Waals surface area contributed by atoms with Gasteiger partial charge in [-0.3, -0.25) is 4.72 Å². The number of sulfonamides is 1. The fourth-order valence-electron chi connectivity index (χ4n) is 3.89. The highest BCUT2D eigenvalue weighted by atomic mass is 32.2. The Balaban J connectivity index is 1.78. The number of nitriles is 1. The average Bonchev–Trinajstić information content (AvgIpc) is 3.31. The van der Waals surface area contributed by atoms with E-state index < -0.39 is 15.8 Å². The summed E-state index contributed by atoms with van der Waals surface area (Å²) in [4.78, 5) is 14.3. The second kappa shape index (κ2) is 11.7. The van der Waals surface area contributed by atoms with Crippen LogP contribution in [0.15, 0.2) is 30.5 Å². The maximum absolute atomic E-state index is 15.7. The number of hydrogen-bond acceptors (Lipinski definition) is 9. The molecule has 1 aliphatic rings. The van der Waals surface area contributed by atoms with Crippen LogP contribution in [0.4, 0.5) is 16.0 Å². The number of rotatable bonds is 10. The summed E-state index contributed by atoms with van der Waals surface area (Å²) in [5, 5.41) is 12.7. The predicted octanol–water partition coefficient (Wildman–Crippen LogP) is 4.78. The monoisotopic (exact) mass is 530 g/mol. The standard InChI is InChI=1S/C24H27FN6O3S2/c1-2-15-36(32,33)31-18-6-3-5-17(20(18)25)21-22(35-23(30-21)16-8-13-34-14-9-16)19-7-12-28-24(29-19)27-11-4-10-26/h3,5-7,12,16,31H,2,4,8-9,11,13-15H2,1H3,(H,27,28,29). The molecule has 1 saturated heterocycles. The van der Waals surface area contributed by atoms with Crippen LogP contribution < -0.4 is 10.0 Å². The van der Waals surface area contributed by atoms with Gasteiger partial charge in [0.25, 0.3) is 0 Å². The first-order valence-corrected chi connectivity index (χ1v) is 14.2. The van der Waals surface area contributed by atoms with E-state index in [1.54, 1.807) is 31.3 Å². The van der Waals surface area contributed by atoms with Crippen LogP contribution in [0.1, 0.15) is 43.5 Å². The van der Waals surface area contributed by atoms with Gasteiger partial charge in [0.15, 0.2) is 5.82 Å². The first-order valence-electron chi connectivity index (χ1n) is 11.7. The smallest absolute Gasteiger partial charge is 0.232 e. The molecule has 0 spiro atoms. The minimum atomic E-state index is -3.67. The summed E-state index contributed by atoms with van der Waals surface area (Å²) < 4.78 is 48.1. The molecule has 190 valence electrons. The Morgan fingerprint density at radius 1 is 1.25 bits per heavy atom. The van der Waals surface area contributed by atoms with Gasteiger partial charge in [-0.2, -0.15) is 5.26 Å². The fourth-order valence-corrected chi connectivity index (χ4v) is 6.24. The van der Waals surface area contributed by atoms with Crippen LogP contribution in [0.25, 0.3) is 21.8 Å². The van der Waals surface area contributed by atoms with Gasteiger partial charge in [0.1, 0.15) is 0 Å². The van der Waals surface area contributed by atoms with Crippen molar-refractivity contribution in [2.24, 2.45) is 0 Å². The number of aromatic nitrogens is 3. The van der Waals surface area contributed by atoms with E-state index in [4.69, 9.17) is 15.0 Å². The van der Waals surface area contributed by atoms with Gasteiger partial charge in [-0.25, -0.2) is 27.8 Å². The molecular weight excluding hydrogens is 503 g/mol. The number of nitrogens with one attached hydrogen (secondary N) is 2. The van der Waals surface area contributed by atoms with Crippen molar-refractivity contribution >= 4 is 33.0 Å². The molecular formula is C24H27FN6O3S2. The van der Waals surface area contributed by atoms with Gasteiger partial charge in [0.05, 0.1) is 45.2 Å². The van der Waals surface area contributed by atoms with Crippen LogP contribution in [0.2, 0.25) is 0 Å². The fraction of sp³-hybridized carbons (Fsp3) is 0.417. The molecule has 1 aromatic carbocycles. The number of anilines is 2. The highest BCUT2D eigenvalue weighted by Gasteiger charge is 2.26. The molecule has 0 saturated carbocycles. The van der Waals surface area contributed by atoms with Gasteiger partial charge in [-0.15, -0.1) is 11.3 Å². The highest BCUT2D eigenvalue weighted by molar-refractivity contribution is 7.92. The number of ether oxygens (including phenoxy) is 1. The van der Waals surface area contributed by atoms with Crippen molar-refractivity contribution in [2.75, 3.05) is 35.6 Å². The van der Waals surface area contributed by atoms with Gasteiger partial charge in [-0.1, -0.05) is 13.0 Å². The lowest BCUT2D eigenvalue weighted by atomic mass is 10.0. The molecule has 0 unspecified atom stereocenters. The highest BCUT2D eigenvalue weighted by Crippen LogP contribution is 2.42.